The molecule has 2 rings (SSSR count). The molecular weight excluding hydrogens is 289 g/mol. The molecule has 1 amide bonds. The Balaban J connectivity index is 0.00000200. The first-order valence-corrected chi connectivity index (χ1v) is 5.83. The first-order chi connectivity index (χ1) is 9.08. The Morgan fingerprint density at radius 3 is 2.20 bits per heavy atom. The molecule has 0 aliphatic carbocycles. The van der Waals surface area contributed by atoms with Crippen LogP contribution in [0, 0.1) is 0 Å². The molecular formula is C14H9ClNNaO3. The molecule has 0 aliphatic heterocycles. The van der Waals surface area contributed by atoms with E-state index < -0.39 is 11.9 Å². The smallest absolute Gasteiger partial charge is 0.545 e. The molecule has 0 aromatic heterocycles. The summed E-state index contributed by atoms with van der Waals surface area (Å²) in [6, 6.07) is 12.3. The van der Waals surface area contributed by atoms with E-state index in [1.807, 2.05) is 0 Å². The molecule has 6 heteroatoms. The first kappa shape index (κ1) is 16.7. The zero-order valence-corrected chi connectivity index (χ0v) is 13.5. The van der Waals surface area contributed by atoms with Gasteiger partial charge in [-0.15, -0.1) is 0 Å². The predicted molar refractivity (Wildman–Crippen MR) is 70.2 cm³/mol. The fourth-order valence-electron chi connectivity index (χ4n) is 1.57. The Kier molecular flexibility index (Phi) is 6.23. The fourth-order valence-corrected chi connectivity index (χ4v) is 1.69. The quantitative estimate of drug-likeness (QED) is 0.736. The van der Waals surface area contributed by atoms with Crippen molar-refractivity contribution in [2.75, 3.05) is 5.32 Å². The van der Waals surface area contributed by atoms with E-state index in [1.165, 1.54) is 12.1 Å². The molecule has 0 unspecified atom stereocenters. The van der Waals surface area contributed by atoms with Crippen LogP contribution in [-0.4, -0.2) is 11.9 Å². The van der Waals surface area contributed by atoms with Gasteiger partial charge in [-0.05, 0) is 30.3 Å². The zero-order chi connectivity index (χ0) is 13.8. The van der Waals surface area contributed by atoms with Crippen LogP contribution in [0.25, 0.3) is 0 Å². The van der Waals surface area contributed by atoms with Gasteiger partial charge in [-0.3, -0.25) is 4.79 Å². The van der Waals surface area contributed by atoms with Crippen LogP contribution in [0.2, 0.25) is 5.02 Å². The van der Waals surface area contributed by atoms with Crippen molar-refractivity contribution in [3.63, 3.8) is 0 Å². The largest absolute Gasteiger partial charge is 1.00 e. The van der Waals surface area contributed by atoms with E-state index in [0.717, 1.165) is 0 Å². The van der Waals surface area contributed by atoms with E-state index in [1.54, 1.807) is 36.4 Å². The van der Waals surface area contributed by atoms with Gasteiger partial charge in [0.05, 0.1) is 11.7 Å². The van der Waals surface area contributed by atoms with Gasteiger partial charge in [-0.1, -0.05) is 29.8 Å². The topological polar surface area (TPSA) is 69.2 Å². The minimum Gasteiger partial charge on any atom is -0.545 e. The van der Waals surface area contributed by atoms with Crippen molar-refractivity contribution < 1.29 is 44.3 Å². The predicted octanol–water partition coefficient (Wildman–Crippen LogP) is -1.04. The summed E-state index contributed by atoms with van der Waals surface area (Å²) in [6.07, 6.45) is 0. The van der Waals surface area contributed by atoms with Crippen LogP contribution < -0.4 is 40.0 Å². The van der Waals surface area contributed by atoms with Gasteiger partial charge >= 0.3 is 29.6 Å². The van der Waals surface area contributed by atoms with Crippen LogP contribution in [0.4, 0.5) is 5.69 Å². The third kappa shape index (κ3) is 4.08. The van der Waals surface area contributed by atoms with Crippen LogP contribution >= 0.6 is 11.6 Å². The normalized spacial score (nSPS) is 9.45. The standard InChI is InChI=1S/C14H10ClNO3.Na/c15-10-7-5-9(6-8-10)13(17)16-12-4-2-1-3-11(12)14(18)19;/h1-8H,(H,16,17)(H,18,19);/q;+1/p-1. The van der Waals surface area contributed by atoms with Gasteiger partial charge in [0.15, 0.2) is 0 Å². The van der Waals surface area contributed by atoms with Crippen molar-refractivity contribution in [1.29, 1.82) is 0 Å². The molecule has 0 aliphatic rings. The van der Waals surface area contributed by atoms with E-state index in [2.05, 4.69) is 5.32 Å². The summed E-state index contributed by atoms with van der Waals surface area (Å²) in [5, 5.41) is 13.9. The SMILES string of the molecule is O=C(Nc1ccccc1C(=O)[O-])c1ccc(Cl)cc1.[Na+]. The Bertz CT molecular complexity index is 629. The molecule has 0 atom stereocenters. The van der Waals surface area contributed by atoms with Crippen LogP contribution in [0.5, 0.6) is 0 Å². The van der Waals surface area contributed by atoms with Gasteiger partial charge in [0.1, 0.15) is 0 Å². The van der Waals surface area contributed by atoms with Crippen molar-refractivity contribution in [1.82, 2.24) is 0 Å². The number of carbonyl (C=O) groups excluding carboxylic acids is 2. The monoisotopic (exact) mass is 297 g/mol. The molecule has 96 valence electrons. The number of halogens is 1. The summed E-state index contributed by atoms with van der Waals surface area (Å²) >= 11 is 5.73. The molecule has 2 aromatic rings. The molecule has 20 heavy (non-hydrogen) atoms. The minimum atomic E-state index is -1.34. The van der Waals surface area contributed by atoms with Crippen molar-refractivity contribution >= 4 is 29.2 Å². The number of rotatable bonds is 3. The van der Waals surface area contributed by atoms with Gasteiger partial charge in [0.2, 0.25) is 0 Å². The van der Waals surface area contributed by atoms with Gasteiger partial charge in [-0.25, -0.2) is 0 Å². The van der Waals surface area contributed by atoms with Crippen molar-refractivity contribution in [2.45, 2.75) is 0 Å². The summed E-state index contributed by atoms with van der Waals surface area (Å²) in [6.45, 7) is 0. The summed E-state index contributed by atoms with van der Waals surface area (Å²) in [5.41, 5.74) is 0.518. The third-order valence-electron chi connectivity index (χ3n) is 2.50. The maximum absolute atomic E-state index is 11.9. The van der Waals surface area contributed by atoms with Crippen LogP contribution in [0.15, 0.2) is 48.5 Å². The molecule has 0 fully saturated rings. The van der Waals surface area contributed by atoms with Crippen molar-refractivity contribution in [2.24, 2.45) is 0 Å². The molecule has 0 radical (unpaired) electrons. The number of aromatic carboxylic acids is 1. The van der Waals surface area contributed by atoms with Crippen LogP contribution in [0.1, 0.15) is 20.7 Å². The fraction of sp³-hybridized carbons (Fsp3) is 0. The van der Waals surface area contributed by atoms with E-state index in [-0.39, 0.29) is 40.8 Å². The zero-order valence-electron chi connectivity index (χ0n) is 10.7. The Morgan fingerprint density at radius 2 is 1.60 bits per heavy atom. The van der Waals surface area contributed by atoms with Gasteiger partial charge < -0.3 is 15.2 Å². The second-order valence-corrected chi connectivity index (χ2v) is 4.23. The van der Waals surface area contributed by atoms with Crippen molar-refractivity contribution in [3.05, 3.63) is 64.7 Å². The van der Waals surface area contributed by atoms with Crippen molar-refractivity contribution in [3.8, 4) is 0 Å². The van der Waals surface area contributed by atoms with Gasteiger partial charge in [-0.2, -0.15) is 0 Å². The summed E-state index contributed by atoms with van der Waals surface area (Å²) in [5.74, 6) is -1.75. The van der Waals surface area contributed by atoms with E-state index in [4.69, 9.17) is 11.6 Å². The summed E-state index contributed by atoms with van der Waals surface area (Å²) in [4.78, 5) is 22.8. The molecule has 0 spiro atoms. The molecule has 0 saturated heterocycles. The van der Waals surface area contributed by atoms with E-state index in [0.29, 0.717) is 10.6 Å². The number of hydrogen-bond donors (Lipinski definition) is 1. The average molecular weight is 298 g/mol. The molecule has 4 nitrogen and oxygen atoms in total. The number of benzene rings is 2. The van der Waals surface area contributed by atoms with E-state index >= 15 is 0 Å². The first-order valence-electron chi connectivity index (χ1n) is 5.45. The second-order valence-electron chi connectivity index (χ2n) is 3.79. The molecule has 0 saturated carbocycles. The van der Waals surface area contributed by atoms with Crippen LogP contribution in [0.3, 0.4) is 0 Å². The number of nitrogens with one attached hydrogen (secondary N) is 1. The van der Waals surface area contributed by atoms with Gasteiger partial charge in [0.25, 0.3) is 5.91 Å². The van der Waals surface area contributed by atoms with E-state index in [9.17, 15) is 14.7 Å². The number of anilines is 1. The summed E-state index contributed by atoms with van der Waals surface area (Å²) in [7, 11) is 0. The number of carbonyl (C=O) groups is 2. The molecule has 2 aromatic carbocycles. The van der Waals surface area contributed by atoms with Gasteiger partial charge in [0, 0.05) is 16.1 Å². The number of carboxylic acids is 1. The Morgan fingerprint density at radius 1 is 1.00 bits per heavy atom. The number of amides is 1. The second kappa shape index (κ2) is 7.45. The third-order valence-corrected chi connectivity index (χ3v) is 2.75. The Labute approximate surface area is 143 Å². The average Bonchev–Trinajstić information content (AvgIpc) is 2.39. The molecule has 0 bridgehead atoms. The molecule has 0 heterocycles. The number of para-hydroxylation sites is 1. The molecule has 1 N–H and O–H groups in total. The Hall–Kier alpha value is -1.33. The maximum Gasteiger partial charge on any atom is 1.00 e. The summed E-state index contributed by atoms with van der Waals surface area (Å²) < 4.78 is 0. The number of hydrogen-bond acceptors (Lipinski definition) is 3. The number of carboxylic acid groups (broad SMARTS) is 1. The minimum absolute atomic E-state index is 0. The maximum atomic E-state index is 11.9. The van der Waals surface area contributed by atoms with Crippen LogP contribution in [-0.2, 0) is 0 Å².